The second-order valence-electron chi connectivity index (χ2n) is 6.71. The first-order valence-corrected chi connectivity index (χ1v) is 9.36. The molecule has 0 saturated heterocycles. The number of aliphatic carboxylic acids is 1. The molecule has 160 valence electrons. The van der Waals surface area contributed by atoms with Gasteiger partial charge >= 0.3 is 5.97 Å². The van der Waals surface area contributed by atoms with E-state index >= 15 is 0 Å². The Labute approximate surface area is 169 Å². The van der Waals surface area contributed by atoms with E-state index in [-0.39, 0.29) is 12.8 Å². The third kappa shape index (κ3) is 9.17. The van der Waals surface area contributed by atoms with Gasteiger partial charge < -0.3 is 32.9 Å². The topological polar surface area (TPSA) is 191 Å². The zero-order chi connectivity index (χ0) is 21.8. The van der Waals surface area contributed by atoms with Crippen LogP contribution in [-0.4, -0.2) is 53.5 Å². The maximum atomic E-state index is 12.5. The number of nitrogens with two attached hydrogens (primary N) is 3. The van der Waals surface area contributed by atoms with Crippen molar-refractivity contribution >= 4 is 23.7 Å². The molecule has 0 aliphatic heterocycles. The summed E-state index contributed by atoms with van der Waals surface area (Å²) in [5.41, 5.74) is 17.3. The maximum absolute atomic E-state index is 12.5. The standard InChI is InChI=1S/C19H29N5O5/c20-9-5-4-8-14(18(27)24-15(19(28)29)11-16(22)25)23-17(26)13(21)10-12-6-2-1-3-7-12/h1-3,6-7,13-15H,4-5,8-11,20-21H2,(H2,22,25)(H,23,26)(H,24,27)(H,28,29)/t13-,14-,15-/m0/s1. The first kappa shape index (κ1) is 24.1. The van der Waals surface area contributed by atoms with E-state index in [2.05, 4.69) is 10.6 Å². The number of primary amides is 1. The van der Waals surface area contributed by atoms with Crippen molar-refractivity contribution in [2.45, 2.75) is 50.2 Å². The Morgan fingerprint density at radius 3 is 2.14 bits per heavy atom. The number of unbranched alkanes of at least 4 members (excludes halogenated alkanes) is 1. The molecule has 0 aromatic heterocycles. The lowest BCUT2D eigenvalue weighted by atomic mass is 10.0. The summed E-state index contributed by atoms with van der Waals surface area (Å²) < 4.78 is 0. The Kier molecular flexibility index (Phi) is 10.3. The Morgan fingerprint density at radius 1 is 0.966 bits per heavy atom. The number of rotatable bonds is 13. The van der Waals surface area contributed by atoms with E-state index in [9.17, 15) is 19.2 Å². The number of carbonyl (C=O) groups is 4. The second-order valence-corrected chi connectivity index (χ2v) is 6.71. The Morgan fingerprint density at radius 2 is 1.59 bits per heavy atom. The van der Waals surface area contributed by atoms with E-state index in [1.165, 1.54) is 0 Å². The summed E-state index contributed by atoms with van der Waals surface area (Å²) in [5, 5.41) is 14.0. The monoisotopic (exact) mass is 407 g/mol. The molecule has 0 heterocycles. The quantitative estimate of drug-likeness (QED) is 0.217. The minimum Gasteiger partial charge on any atom is -0.480 e. The molecule has 0 unspecified atom stereocenters. The lowest BCUT2D eigenvalue weighted by molar-refractivity contribution is -0.143. The van der Waals surface area contributed by atoms with Crippen molar-refractivity contribution in [3.63, 3.8) is 0 Å². The third-order valence-corrected chi connectivity index (χ3v) is 4.24. The number of hydrogen-bond donors (Lipinski definition) is 6. The molecule has 10 nitrogen and oxygen atoms in total. The summed E-state index contributed by atoms with van der Waals surface area (Å²) in [4.78, 5) is 47.3. The number of carboxylic acids is 1. The van der Waals surface area contributed by atoms with Gasteiger partial charge in [0.2, 0.25) is 17.7 Å². The number of carboxylic acid groups (broad SMARTS) is 1. The summed E-state index contributed by atoms with van der Waals surface area (Å²) in [6.45, 7) is 0.412. The SMILES string of the molecule is NCCCC[C@H](NC(=O)[C@@H](N)Cc1ccccc1)C(=O)N[C@@H](CC(N)=O)C(=O)O. The van der Waals surface area contributed by atoms with Crippen LogP contribution >= 0.6 is 0 Å². The second kappa shape index (κ2) is 12.5. The average molecular weight is 407 g/mol. The molecule has 0 aliphatic rings. The van der Waals surface area contributed by atoms with Gasteiger partial charge in [-0.2, -0.15) is 0 Å². The van der Waals surface area contributed by atoms with Gasteiger partial charge in [-0.3, -0.25) is 14.4 Å². The van der Waals surface area contributed by atoms with E-state index in [1.54, 1.807) is 0 Å². The first-order chi connectivity index (χ1) is 13.7. The van der Waals surface area contributed by atoms with Crippen molar-refractivity contribution in [1.82, 2.24) is 10.6 Å². The summed E-state index contributed by atoms with van der Waals surface area (Å²) in [6, 6.07) is 5.79. The van der Waals surface area contributed by atoms with Crippen LogP contribution in [0.15, 0.2) is 30.3 Å². The fourth-order valence-electron chi connectivity index (χ4n) is 2.67. The number of carbonyl (C=O) groups excluding carboxylic acids is 3. The minimum absolute atomic E-state index is 0.246. The minimum atomic E-state index is -1.48. The molecule has 1 rings (SSSR count). The predicted octanol–water partition coefficient (Wildman–Crippen LogP) is -1.38. The highest BCUT2D eigenvalue weighted by atomic mass is 16.4. The van der Waals surface area contributed by atoms with Crippen LogP contribution in [0.4, 0.5) is 0 Å². The van der Waals surface area contributed by atoms with Gasteiger partial charge in [0.25, 0.3) is 0 Å². The van der Waals surface area contributed by atoms with Crippen LogP contribution in [0.5, 0.6) is 0 Å². The van der Waals surface area contributed by atoms with Crippen molar-refractivity contribution < 1.29 is 24.3 Å². The summed E-state index contributed by atoms with van der Waals surface area (Å²) in [7, 11) is 0. The van der Waals surface area contributed by atoms with Gasteiger partial charge in [0, 0.05) is 0 Å². The fourth-order valence-corrected chi connectivity index (χ4v) is 2.67. The number of amides is 3. The van der Waals surface area contributed by atoms with Crippen LogP contribution in [-0.2, 0) is 25.6 Å². The van der Waals surface area contributed by atoms with Gasteiger partial charge in [0.05, 0.1) is 12.5 Å². The smallest absolute Gasteiger partial charge is 0.326 e. The van der Waals surface area contributed by atoms with Crippen molar-refractivity contribution in [2.75, 3.05) is 6.54 Å². The lowest BCUT2D eigenvalue weighted by Crippen LogP contribution is -2.55. The third-order valence-electron chi connectivity index (χ3n) is 4.24. The van der Waals surface area contributed by atoms with Crippen LogP contribution in [0.2, 0.25) is 0 Å². The molecule has 9 N–H and O–H groups in total. The zero-order valence-electron chi connectivity index (χ0n) is 16.2. The fraction of sp³-hybridized carbons (Fsp3) is 0.474. The molecular weight excluding hydrogens is 378 g/mol. The molecule has 1 aromatic rings. The van der Waals surface area contributed by atoms with Crippen molar-refractivity contribution in [3.05, 3.63) is 35.9 Å². The number of benzene rings is 1. The van der Waals surface area contributed by atoms with Crippen LogP contribution in [0.1, 0.15) is 31.2 Å². The molecule has 0 radical (unpaired) electrons. The first-order valence-electron chi connectivity index (χ1n) is 9.36. The molecule has 3 atom stereocenters. The van der Waals surface area contributed by atoms with Crippen molar-refractivity contribution in [2.24, 2.45) is 17.2 Å². The van der Waals surface area contributed by atoms with Gasteiger partial charge in [-0.1, -0.05) is 30.3 Å². The highest BCUT2D eigenvalue weighted by molar-refractivity contribution is 5.93. The Hall–Kier alpha value is -2.98. The van der Waals surface area contributed by atoms with Gasteiger partial charge in [0.15, 0.2) is 0 Å². The van der Waals surface area contributed by atoms with E-state index < -0.39 is 48.2 Å². The number of hydrogen-bond acceptors (Lipinski definition) is 6. The molecule has 1 aromatic carbocycles. The molecule has 0 bridgehead atoms. The Bertz CT molecular complexity index is 697. The molecular formula is C19H29N5O5. The Balaban J connectivity index is 2.78. The maximum Gasteiger partial charge on any atom is 0.326 e. The van der Waals surface area contributed by atoms with Crippen LogP contribution in [0.3, 0.4) is 0 Å². The lowest BCUT2D eigenvalue weighted by Gasteiger charge is -2.22. The number of nitrogens with one attached hydrogen (secondary N) is 2. The molecule has 29 heavy (non-hydrogen) atoms. The summed E-state index contributed by atoms with van der Waals surface area (Å²) in [5.74, 6) is -3.53. The van der Waals surface area contributed by atoms with Gasteiger partial charge in [-0.25, -0.2) is 4.79 Å². The average Bonchev–Trinajstić information content (AvgIpc) is 2.66. The molecule has 3 amide bonds. The largest absolute Gasteiger partial charge is 0.480 e. The van der Waals surface area contributed by atoms with Crippen molar-refractivity contribution in [3.8, 4) is 0 Å². The summed E-state index contributed by atoms with van der Waals surface area (Å²) >= 11 is 0. The normalized spacial score (nSPS) is 13.7. The summed E-state index contributed by atoms with van der Waals surface area (Å²) in [6.07, 6.45) is 1.13. The van der Waals surface area contributed by atoms with E-state index in [4.69, 9.17) is 22.3 Å². The van der Waals surface area contributed by atoms with Gasteiger partial charge in [-0.15, -0.1) is 0 Å². The predicted molar refractivity (Wildman–Crippen MR) is 106 cm³/mol. The van der Waals surface area contributed by atoms with Crippen LogP contribution in [0.25, 0.3) is 0 Å². The van der Waals surface area contributed by atoms with E-state index in [0.717, 1.165) is 5.56 Å². The van der Waals surface area contributed by atoms with Crippen molar-refractivity contribution in [1.29, 1.82) is 0 Å². The van der Waals surface area contributed by atoms with Gasteiger partial charge in [0.1, 0.15) is 12.1 Å². The molecule has 10 heteroatoms. The van der Waals surface area contributed by atoms with Gasteiger partial charge in [-0.05, 0) is 37.8 Å². The molecule has 0 aliphatic carbocycles. The van der Waals surface area contributed by atoms with Crippen LogP contribution < -0.4 is 27.8 Å². The van der Waals surface area contributed by atoms with Crippen LogP contribution in [0, 0.1) is 0 Å². The highest BCUT2D eigenvalue weighted by Crippen LogP contribution is 2.06. The molecule has 0 spiro atoms. The zero-order valence-corrected chi connectivity index (χ0v) is 16.2. The van der Waals surface area contributed by atoms with E-state index in [0.29, 0.717) is 19.4 Å². The van der Waals surface area contributed by atoms with E-state index in [1.807, 2.05) is 30.3 Å². The molecule has 0 fully saturated rings. The highest BCUT2D eigenvalue weighted by Gasteiger charge is 2.28. The molecule has 0 saturated carbocycles.